The van der Waals surface area contributed by atoms with Gasteiger partial charge in [0, 0.05) is 18.7 Å². The van der Waals surface area contributed by atoms with E-state index >= 15 is 0 Å². The number of ketones is 1. The highest BCUT2D eigenvalue weighted by molar-refractivity contribution is 5.99. The first-order valence-corrected chi connectivity index (χ1v) is 5.75. The Balaban J connectivity index is 2.05. The monoisotopic (exact) mass is 264 g/mol. The summed E-state index contributed by atoms with van der Waals surface area (Å²) < 4.78 is 13.5. The van der Waals surface area contributed by atoms with E-state index in [-0.39, 0.29) is 17.0 Å². The van der Waals surface area contributed by atoms with Crippen LogP contribution in [0, 0.1) is 5.82 Å². The van der Waals surface area contributed by atoms with E-state index in [4.69, 9.17) is 0 Å². The van der Waals surface area contributed by atoms with Gasteiger partial charge in [-0.1, -0.05) is 6.07 Å². The van der Waals surface area contributed by atoms with Gasteiger partial charge in [-0.05, 0) is 19.1 Å². The number of carbonyl (C=O) groups is 1. The number of nitrogens with zero attached hydrogens (tertiary/aromatic N) is 1. The molecule has 0 aliphatic carbocycles. The fourth-order valence-corrected chi connectivity index (χ4v) is 1.77. The van der Waals surface area contributed by atoms with Crippen molar-refractivity contribution in [1.29, 1.82) is 0 Å². The van der Waals surface area contributed by atoms with E-state index in [2.05, 4.69) is 20.5 Å². The lowest BCUT2D eigenvalue weighted by atomic mass is 10.1. The molecule has 0 fully saturated rings. The number of hydrogen-bond acceptors (Lipinski definition) is 4. The predicted molar refractivity (Wildman–Crippen MR) is 67.8 cm³/mol. The number of Topliss-reactive ketones (excluding diaryl/α,β-unsaturated/α-hetero) is 1. The van der Waals surface area contributed by atoms with Gasteiger partial charge in [-0.15, -0.1) is 0 Å². The SMILES string of the molecule is CC(=O)c1c(F)cccc1NCCc1n[nH]c(=O)[nH]1. The highest BCUT2D eigenvalue weighted by Crippen LogP contribution is 2.19. The molecule has 2 rings (SSSR count). The quantitative estimate of drug-likeness (QED) is 0.705. The lowest BCUT2D eigenvalue weighted by molar-refractivity contribution is 0.101. The van der Waals surface area contributed by atoms with Crippen molar-refractivity contribution in [3.63, 3.8) is 0 Å². The Hall–Kier alpha value is -2.44. The van der Waals surface area contributed by atoms with E-state index in [0.717, 1.165) is 0 Å². The van der Waals surface area contributed by atoms with Crippen molar-refractivity contribution in [1.82, 2.24) is 15.2 Å². The normalized spacial score (nSPS) is 10.4. The number of hydrogen-bond donors (Lipinski definition) is 3. The molecule has 0 aliphatic heterocycles. The zero-order valence-electron chi connectivity index (χ0n) is 10.3. The molecular formula is C12H13FN4O2. The summed E-state index contributed by atoms with van der Waals surface area (Å²) in [5, 5.41) is 8.96. The highest BCUT2D eigenvalue weighted by atomic mass is 19.1. The topological polar surface area (TPSA) is 90.6 Å². The number of carbonyl (C=O) groups excluding carboxylic acids is 1. The molecule has 3 N–H and O–H groups in total. The lowest BCUT2D eigenvalue weighted by Gasteiger charge is -2.10. The van der Waals surface area contributed by atoms with Gasteiger partial charge in [-0.2, -0.15) is 5.10 Å². The van der Waals surface area contributed by atoms with Gasteiger partial charge in [-0.25, -0.2) is 14.3 Å². The first-order valence-electron chi connectivity index (χ1n) is 5.75. The number of H-pyrrole nitrogens is 2. The van der Waals surface area contributed by atoms with Gasteiger partial charge in [0.25, 0.3) is 0 Å². The second-order valence-corrected chi connectivity index (χ2v) is 4.02. The molecule has 1 aromatic carbocycles. The molecule has 19 heavy (non-hydrogen) atoms. The fourth-order valence-electron chi connectivity index (χ4n) is 1.77. The smallest absolute Gasteiger partial charge is 0.340 e. The number of halogens is 1. The van der Waals surface area contributed by atoms with Crippen molar-refractivity contribution < 1.29 is 9.18 Å². The summed E-state index contributed by atoms with van der Waals surface area (Å²) in [6, 6.07) is 4.40. The van der Waals surface area contributed by atoms with Crippen LogP contribution < -0.4 is 11.0 Å². The van der Waals surface area contributed by atoms with E-state index in [1.807, 2.05) is 0 Å². The molecule has 0 spiro atoms. The Morgan fingerprint density at radius 3 is 2.89 bits per heavy atom. The first kappa shape index (κ1) is 13.0. The molecule has 0 unspecified atom stereocenters. The van der Waals surface area contributed by atoms with Gasteiger partial charge in [-0.3, -0.25) is 9.78 Å². The van der Waals surface area contributed by atoms with E-state index in [1.165, 1.54) is 19.1 Å². The van der Waals surface area contributed by atoms with Crippen LogP contribution in [0.2, 0.25) is 0 Å². The maximum absolute atomic E-state index is 13.5. The Morgan fingerprint density at radius 2 is 2.26 bits per heavy atom. The average Bonchev–Trinajstić information content (AvgIpc) is 2.74. The molecule has 1 heterocycles. The van der Waals surface area contributed by atoms with E-state index < -0.39 is 5.82 Å². The van der Waals surface area contributed by atoms with E-state index in [0.29, 0.717) is 24.5 Å². The summed E-state index contributed by atoms with van der Waals surface area (Å²) in [4.78, 5) is 24.7. The Bertz CT molecular complexity index is 647. The molecule has 0 bridgehead atoms. The second kappa shape index (κ2) is 5.47. The van der Waals surface area contributed by atoms with Crippen LogP contribution in [0.15, 0.2) is 23.0 Å². The third-order valence-electron chi connectivity index (χ3n) is 2.59. The van der Waals surface area contributed by atoms with Gasteiger partial charge < -0.3 is 5.32 Å². The van der Waals surface area contributed by atoms with Gasteiger partial charge in [0.05, 0.1) is 5.56 Å². The summed E-state index contributed by atoms with van der Waals surface area (Å²) in [6.07, 6.45) is 0.451. The van der Waals surface area contributed by atoms with Crippen molar-refractivity contribution in [3.8, 4) is 0 Å². The minimum atomic E-state index is -0.550. The lowest BCUT2D eigenvalue weighted by Crippen LogP contribution is -2.11. The van der Waals surface area contributed by atoms with Crippen LogP contribution in [0.25, 0.3) is 0 Å². The number of aromatic amines is 2. The summed E-state index contributed by atoms with van der Waals surface area (Å²) in [5.74, 6) is -0.391. The Morgan fingerprint density at radius 1 is 1.47 bits per heavy atom. The number of benzene rings is 1. The van der Waals surface area contributed by atoms with Gasteiger partial charge in [0.1, 0.15) is 11.6 Å². The molecule has 0 saturated heterocycles. The van der Waals surface area contributed by atoms with Crippen molar-refractivity contribution in [2.45, 2.75) is 13.3 Å². The van der Waals surface area contributed by atoms with Crippen LogP contribution in [0.5, 0.6) is 0 Å². The molecule has 7 heteroatoms. The molecule has 0 atom stereocenters. The van der Waals surface area contributed by atoms with E-state index in [9.17, 15) is 14.0 Å². The first-order chi connectivity index (χ1) is 9.08. The molecule has 0 aliphatic rings. The van der Waals surface area contributed by atoms with Crippen LogP contribution in [0.4, 0.5) is 10.1 Å². The number of anilines is 1. The molecule has 0 saturated carbocycles. The maximum atomic E-state index is 13.5. The van der Waals surface area contributed by atoms with Gasteiger partial charge in [0.2, 0.25) is 0 Å². The minimum absolute atomic E-state index is 0.0398. The maximum Gasteiger partial charge on any atom is 0.340 e. The molecule has 1 aromatic heterocycles. The van der Waals surface area contributed by atoms with Crippen molar-refractivity contribution >= 4 is 11.5 Å². The van der Waals surface area contributed by atoms with Gasteiger partial charge >= 0.3 is 5.69 Å². The van der Waals surface area contributed by atoms with Crippen LogP contribution in [-0.4, -0.2) is 27.5 Å². The highest BCUT2D eigenvalue weighted by Gasteiger charge is 2.12. The van der Waals surface area contributed by atoms with Crippen LogP contribution >= 0.6 is 0 Å². The summed E-state index contributed by atoms with van der Waals surface area (Å²) in [6.45, 7) is 1.74. The molecule has 0 amide bonds. The number of rotatable bonds is 5. The molecule has 0 radical (unpaired) electrons. The Kier molecular flexibility index (Phi) is 3.74. The van der Waals surface area contributed by atoms with Gasteiger partial charge in [0.15, 0.2) is 5.78 Å². The fraction of sp³-hybridized carbons (Fsp3) is 0.250. The molecule has 2 aromatic rings. The van der Waals surface area contributed by atoms with Crippen molar-refractivity contribution in [2.75, 3.05) is 11.9 Å². The van der Waals surface area contributed by atoms with Crippen LogP contribution in [0.3, 0.4) is 0 Å². The largest absolute Gasteiger partial charge is 0.384 e. The summed E-state index contributed by atoms with van der Waals surface area (Å²) in [7, 11) is 0. The third kappa shape index (κ3) is 3.06. The van der Waals surface area contributed by atoms with Crippen molar-refractivity contribution in [3.05, 3.63) is 45.9 Å². The second-order valence-electron chi connectivity index (χ2n) is 4.02. The predicted octanol–water partition coefficient (Wildman–Crippen LogP) is 1.09. The zero-order chi connectivity index (χ0) is 13.8. The molecule has 100 valence electrons. The van der Waals surface area contributed by atoms with E-state index in [1.54, 1.807) is 6.07 Å². The number of nitrogens with one attached hydrogen (secondary N) is 3. The van der Waals surface area contributed by atoms with Crippen LogP contribution in [0.1, 0.15) is 23.1 Å². The Labute approximate surface area is 108 Å². The van der Waals surface area contributed by atoms with Crippen LogP contribution in [-0.2, 0) is 6.42 Å². The van der Waals surface area contributed by atoms with Crippen molar-refractivity contribution in [2.24, 2.45) is 0 Å². The third-order valence-corrected chi connectivity index (χ3v) is 2.59. The standard InChI is InChI=1S/C12H13FN4O2/c1-7(18)11-8(13)3-2-4-9(11)14-6-5-10-15-12(19)17-16-10/h2-4,14H,5-6H2,1H3,(H2,15,16,17,19). The average molecular weight is 264 g/mol. The zero-order valence-corrected chi connectivity index (χ0v) is 10.3. The number of aromatic nitrogens is 3. The summed E-state index contributed by atoms with van der Waals surface area (Å²) in [5.41, 5.74) is 0.105. The molecule has 6 nitrogen and oxygen atoms in total. The molecular weight excluding hydrogens is 251 g/mol. The minimum Gasteiger partial charge on any atom is -0.384 e. The summed E-state index contributed by atoms with van der Waals surface area (Å²) >= 11 is 0.